The summed E-state index contributed by atoms with van der Waals surface area (Å²) >= 11 is 0. The second kappa shape index (κ2) is 17.3. The molecule has 0 heterocycles. The van der Waals surface area contributed by atoms with E-state index in [4.69, 9.17) is 9.47 Å². The van der Waals surface area contributed by atoms with Gasteiger partial charge < -0.3 is 14.8 Å². The first-order chi connectivity index (χ1) is 15.1. The lowest BCUT2D eigenvalue weighted by Gasteiger charge is -2.19. The molecule has 0 aromatic rings. The van der Waals surface area contributed by atoms with Crippen LogP contribution in [-0.2, 0) is 14.3 Å². The summed E-state index contributed by atoms with van der Waals surface area (Å²) in [6.07, 6.45) is 14.6. The average Bonchev–Trinajstić information content (AvgIpc) is 2.71. The van der Waals surface area contributed by atoms with Gasteiger partial charge in [0.25, 0.3) is 0 Å². The Morgan fingerprint density at radius 1 is 0.781 bits per heavy atom. The molecule has 0 saturated heterocycles. The number of nitrogens with one attached hydrogen (secondary N) is 1. The number of methoxy groups -OCH3 is 1. The van der Waals surface area contributed by atoms with E-state index >= 15 is 0 Å². The van der Waals surface area contributed by atoms with Crippen LogP contribution in [0.4, 0.5) is 4.79 Å². The summed E-state index contributed by atoms with van der Waals surface area (Å²) in [5, 5.41) is 2.56. The Morgan fingerprint density at radius 3 is 1.69 bits per heavy atom. The molecular weight excluding hydrogens is 402 g/mol. The second-order valence-corrected chi connectivity index (χ2v) is 9.04. The monoisotopic (exact) mass is 447 g/mol. The Labute approximate surface area is 196 Å². The molecule has 0 saturated carbocycles. The molecule has 0 aromatic carbocycles. The summed E-state index contributed by atoms with van der Waals surface area (Å²) in [6.45, 7) is 14.6. The number of carbonyl (C=O) groups excluding carboxylic acids is 2. The number of carbonyl (C=O) groups is 2. The Balaban J connectivity index is 4.23. The first-order valence-electron chi connectivity index (χ1n) is 11.7. The van der Waals surface area contributed by atoms with Crippen LogP contribution < -0.4 is 5.32 Å². The van der Waals surface area contributed by atoms with Gasteiger partial charge in [-0.15, -0.1) is 0 Å². The smallest absolute Gasteiger partial charge is 0.408 e. The minimum atomic E-state index is -0.707. The molecule has 1 amide bonds. The molecule has 0 spiro atoms. The van der Waals surface area contributed by atoms with Crippen LogP contribution in [0, 0.1) is 5.92 Å². The molecule has 0 aromatic heterocycles. The largest absolute Gasteiger partial charge is 0.467 e. The maximum Gasteiger partial charge on any atom is 0.408 e. The quantitative estimate of drug-likeness (QED) is 0.229. The standard InChI is InChI=1S/C27H45NO4/c1-20(2)12-9-13-22(5)14-10-15-23(6)16-11-17-24(7)18-19-32-27(30)28-25(21(3)4)26(29)31-8/h12,14,16,18,21,25H,9-11,13,15,17,19H2,1-8H3,(H,28,30). The molecule has 1 N–H and O–H groups in total. The molecule has 0 aliphatic rings. The highest BCUT2D eigenvalue weighted by atomic mass is 16.6. The predicted molar refractivity (Wildman–Crippen MR) is 134 cm³/mol. The highest BCUT2D eigenvalue weighted by Gasteiger charge is 2.25. The Bertz CT molecular complexity index is 694. The van der Waals surface area contributed by atoms with Crippen LogP contribution in [0.1, 0.15) is 87.0 Å². The van der Waals surface area contributed by atoms with Gasteiger partial charge in [0, 0.05) is 0 Å². The van der Waals surface area contributed by atoms with Crippen LogP contribution >= 0.6 is 0 Å². The van der Waals surface area contributed by atoms with Crippen molar-refractivity contribution in [3.63, 3.8) is 0 Å². The normalized spacial score (nSPS) is 13.6. The molecule has 0 aliphatic heterocycles. The van der Waals surface area contributed by atoms with Gasteiger partial charge in [0.2, 0.25) is 0 Å². The highest BCUT2D eigenvalue weighted by molar-refractivity contribution is 5.81. The van der Waals surface area contributed by atoms with Crippen molar-refractivity contribution in [1.82, 2.24) is 5.32 Å². The first-order valence-corrected chi connectivity index (χ1v) is 11.7. The molecule has 0 aliphatic carbocycles. The zero-order valence-corrected chi connectivity index (χ0v) is 21.5. The highest BCUT2D eigenvalue weighted by Crippen LogP contribution is 2.13. The molecule has 182 valence electrons. The zero-order chi connectivity index (χ0) is 24.5. The van der Waals surface area contributed by atoms with Crippen molar-refractivity contribution in [1.29, 1.82) is 0 Å². The lowest BCUT2D eigenvalue weighted by atomic mass is 10.0. The second-order valence-electron chi connectivity index (χ2n) is 9.04. The number of hydrogen-bond acceptors (Lipinski definition) is 4. The molecular formula is C27H45NO4. The molecule has 0 bridgehead atoms. The van der Waals surface area contributed by atoms with E-state index < -0.39 is 18.1 Å². The lowest BCUT2D eigenvalue weighted by molar-refractivity contribution is -0.144. The van der Waals surface area contributed by atoms with Crippen LogP contribution in [-0.4, -0.2) is 31.8 Å². The van der Waals surface area contributed by atoms with Gasteiger partial charge in [-0.1, -0.05) is 54.4 Å². The van der Waals surface area contributed by atoms with Crippen molar-refractivity contribution in [2.24, 2.45) is 5.92 Å². The van der Waals surface area contributed by atoms with Crippen molar-refractivity contribution in [3.8, 4) is 0 Å². The molecule has 5 heteroatoms. The summed E-state index contributed by atoms with van der Waals surface area (Å²) in [6, 6.07) is -0.707. The van der Waals surface area contributed by atoms with Gasteiger partial charge >= 0.3 is 12.1 Å². The number of ether oxygens (including phenoxy) is 2. The summed E-state index contributed by atoms with van der Waals surface area (Å²) in [7, 11) is 1.30. The maximum atomic E-state index is 11.9. The van der Waals surface area contributed by atoms with Crippen molar-refractivity contribution in [3.05, 3.63) is 46.6 Å². The van der Waals surface area contributed by atoms with Crippen molar-refractivity contribution >= 4 is 12.1 Å². The number of esters is 1. The minimum absolute atomic E-state index is 0.0795. The molecule has 0 rings (SSSR count). The van der Waals surface area contributed by atoms with Crippen LogP contribution in [0.15, 0.2) is 46.6 Å². The number of rotatable bonds is 14. The van der Waals surface area contributed by atoms with E-state index in [1.807, 2.05) is 26.8 Å². The van der Waals surface area contributed by atoms with E-state index in [0.29, 0.717) is 0 Å². The summed E-state index contributed by atoms with van der Waals surface area (Å²) in [4.78, 5) is 23.6. The van der Waals surface area contributed by atoms with E-state index in [-0.39, 0.29) is 12.5 Å². The Hall–Kier alpha value is -2.30. The fraction of sp³-hybridized carbons (Fsp3) is 0.630. The zero-order valence-electron chi connectivity index (χ0n) is 21.5. The fourth-order valence-electron chi connectivity index (χ4n) is 3.04. The third-order valence-corrected chi connectivity index (χ3v) is 5.20. The van der Waals surface area contributed by atoms with Crippen LogP contribution in [0.25, 0.3) is 0 Å². The summed E-state index contributed by atoms with van der Waals surface area (Å²) in [5.74, 6) is -0.551. The van der Waals surface area contributed by atoms with Gasteiger partial charge in [-0.25, -0.2) is 9.59 Å². The number of hydrogen-bond donors (Lipinski definition) is 1. The fourth-order valence-corrected chi connectivity index (χ4v) is 3.04. The molecule has 32 heavy (non-hydrogen) atoms. The van der Waals surface area contributed by atoms with E-state index in [1.165, 1.54) is 29.4 Å². The van der Waals surface area contributed by atoms with E-state index in [2.05, 4.69) is 51.2 Å². The van der Waals surface area contributed by atoms with Crippen molar-refractivity contribution < 1.29 is 19.1 Å². The minimum Gasteiger partial charge on any atom is -0.467 e. The van der Waals surface area contributed by atoms with E-state index in [1.54, 1.807) is 0 Å². The van der Waals surface area contributed by atoms with Crippen molar-refractivity contribution in [2.45, 2.75) is 93.0 Å². The topological polar surface area (TPSA) is 64.6 Å². The molecule has 0 fully saturated rings. The average molecular weight is 448 g/mol. The van der Waals surface area contributed by atoms with E-state index in [9.17, 15) is 9.59 Å². The van der Waals surface area contributed by atoms with Gasteiger partial charge in [0.1, 0.15) is 12.6 Å². The number of allylic oxidation sites excluding steroid dienone is 7. The van der Waals surface area contributed by atoms with Crippen LogP contribution in [0.5, 0.6) is 0 Å². The SMILES string of the molecule is COC(=O)C(NC(=O)OCC=C(C)CCC=C(C)CCC=C(C)CCC=C(C)C)C(C)C. The lowest BCUT2D eigenvalue weighted by Crippen LogP contribution is -2.45. The predicted octanol–water partition coefficient (Wildman–Crippen LogP) is 7.06. The maximum absolute atomic E-state index is 11.9. The van der Waals surface area contributed by atoms with Gasteiger partial charge in [0.15, 0.2) is 0 Å². The van der Waals surface area contributed by atoms with Crippen molar-refractivity contribution in [2.75, 3.05) is 13.7 Å². The van der Waals surface area contributed by atoms with Gasteiger partial charge in [-0.3, -0.25) is 0 Å². The Kier molecular flexibility index (Phi) is 16.0. The third kappa shape index (κ3) is 15.5. The van der Waals surface area contributed by atoms with Crippen LogP contribution in [0.3, 0.4) is 0 Å². The van der Waals surface area contributed by atoms with Gasteiger partial charge in [-0.05, 0) is 85.1 Å². The van der Waals surface area contributed by atoms with Gasteiger partial charge in [0.05, 0.1) is 7.11 Å². The third-order valence-electron chi connectivity index (χ3n) is 5.20. The molecule has 1 unspecified atom stereocenters. The Morgan fingerprint density at radius 2 is 1.25 bits per heavy atom. The number of alkyl carbamates (subject to hydrolysis) is 1. The summed E-state index contributed by atoms with van der Waals surface area (Å²) < 4.78 is 9.88. The first kappa shape index (κ1) is 29.7. The molecule has 0 radical (unpaired) electrons. The molecule has 5 nitrogen and oxygen atoms in total. The van der Waals surface area contributed by atoms with E-state index in [0.717, 1.165) is 38.5 Å². The summed E-state index contributed by atoms with van der Waals surface area (Å²) in [5.41, 5.74) is 5.42. The van der Waals surface area contributed by atoms with Crippen LogP contribution in [0.2, 0.25) is 0 Å². The number of amides is 1. The molecule has 1 atom stereocenters. The van der Waals surface area contributed by atoms with Gasteiger partial charge in [-0.2, -0.15) is 0 Å².